The van der Waals surface area contributed by atoms with Crippen LogP contribution in [0.15, 0.2) is 54.7 Å². The summed E-state index contributed by atoms with van der Waals surface area (Å²) in [5.74, 6) is 0.378. The number of halogens is 1. The quantitative estimate of drug-likeness (QED) is 0.565. The van der Waals surface area contributed by atoms with Crippen molar-refractivity contribution >= 4 is 21.9 Å². The Morgan fingerprint density at radius 1 is 1.00 bits per heavy atom. The fourth-order valence-corrected chi connectivity index (χ4v) is 2.38. The zero-order valence-electron chi connectivity index (χ0n) is 10.5. The van der Waals surface area contributed by atoms with Gasteiger partial charge in [-0.2, -0.15) is 0 Å². The van der Waals surface area contributed by atoms with Gasteiger partial charge in [-0.1, -0.05) is 30.3 Å². The summed E-state index contributed by atoms with van der Waals surface area (Å²) in [5, 5.41) is 0.990. The third-order valence-corrected chi connectivity index (χ3v) is 3.32. The van der Waals surface area contributed by atoms with Gasteiger partial charge in [0.25, 0.3) is 0 Å². The van der Waals surface area contributed by atoms with Crippen LogP contribution in [0.2, 0.25) is 0 Å². The Morgan fingerprint density at radius 2 is 1.90 bits per heavy atom. The van der Waals surface area contributed by atoms with E-state index in [-0.39, 0.29) is 5.82 Å². The minimum absolute atomic E-state index is 0.272. The van der Waals surface area contributed by atoms with Crippen molar-refractivity contribution < 1.29 is 4.39 Å². The lowest BCUT2D eigenvalue weighted by Gasteiger charge is -1.95. The average Bonchev–Trinajstić information content (AvgIpc) is 2.92. The summed E-state index contributed by atoms with van der Waals surface area (Å²) in [6.07, 6.45) is 1.76. The van der Waals surface area contributed by atoms with Crippen LogP contribution in [-0.2, 0) is 0 Å². The van der Waals surface area contributed by atoms with Crippen molar-refractivity contribution in [1.82, 2.24) is 15.0 Å². The van der Waals surface area contributed by atoms with Gasteiger partial charge < -0.3 is 4.98 Å². The van der Waals surface area contributed by atoms with Gasteiger partial charge in [0.05, 0.1) is 22.7 Å². The third-order valence-electron chi connectivity index (χ3n) is 3.32. The molecular formula is C16H10FN3. The summed E-state index contributed by atoms with van der Waals surface area (Å²) in [5.41, 5.74) is 3.33. The van der Waals surface area contributed by atoms with Gasteiger partial charge in [0, 0.05) is 10.9 Å². The highest BCUT2D eigenvalue weighted by molar-refractivity contribution is 6.02. The van der Waals surface area contributed by atoms with Gasteiger partial charge in [0.1, 0.15) is 11.6 Å². The Hall–Kier alpha value is -2.75. The first-order valence-corrected chi connectivity index (χ1v) is 6.31. The van der Waals surface area contributed by atoms with Crippen LogP contribution in [0.5, 0.6) is 0 Å². The number of nitrogens with zero attached hydrogens (tertiary/aromatic N) is 2. The van der Waals surface area contributed by atoms with Gasteiger partial charge in [-0.05, 0) is 18.2 Å². The zero-order valence-corrected chi connectivity index (χ0v) is 10.5. The van der Waals surface area contributed by atoms with E-state index in [1.165, 1.54) is 12.1 Å². The van der Waals surface area contributed by atoms with E-state index in [1.807, 2.05) is 30.3 Å². The molecule has 0 fully saturated rings. The number of fused-ring (bicyclic) bond motifs is 3. The molecule has 4 aromatic rings. The molecule has 0 aliphatic heterocycles. The Balaban J connectivity index is 2.01. The first kappa shape index (κ1) is 11.1. The lowest BCUT2D eigenvalue weighted by Crippen LogP contribution is -1.81. The number of para-hydroxylation sites is 1. The average molecular weight is 263 g/mol. The summed E-state index contributed by atoms with van der Waals surface area (Å²) in [6.45, 7) is 0. The monoisotopic (exact) mass is 263 g/mol. The summed E-state index contributed by atoms with van der Waals surface area (Å²) < 4.78 is 13.3. The van der Waals surface area contributed by atoms with Gasteiger partial charge >= 0.3 is 0 Å². The number of H-pyrrole nitrogens is 1. The van der Waals surface area contributed by atoms with Crippen LogP contribution in [0.25, 0.3) is 33.3 Å². The Kier molecular flexibility index (Phi) is 2.29. The molecule has 2 aromatic heterocycles. The van der Waals surface area contributed by atoms with Crippen molar-refractivity contribution in [2.45, 2.75) is 0 Å². The van der Waals surface area contributed by atoms with Crippen LogP contribution in [0.3, 0.4) is 0 Å². The lowest BCUT2D eigenvalue weighted by atomic mass is 10.2. The summed E-state index contributed by atoms with van der Waals surface area (Å²) >= 11 is 0. The second-order valence-corrected chi connectivity index (χ2v) is 4.63. The normalized spacial score (nSPS) is 11.2. The molecule has 2 aromatic carbocycles. The Morgan fingerprint density at radius 3 is 2.80 bits per heavy atom. The molecule has 0 atom stereocenters. The zero-order chi connectivity index (χ0) is 13.5. The molecule has 0 saturated carbocycles. The summed E-state index contributed by atoms with van der Waals surface area (Å²) in [7, 11) is 0. The number of imidazole rings is 1. The molecule has 20 heavy (non-hydrogen) atoms. The highest BCUT2D eigenvalue weighted by Gasteiger charge is 2.09. The molecule has 2 heterocycles. The molecule has 0 amide bonds. The molecule has 96 valence electrons. The predicted molar refractivity (Wildman–Crippen MR) is 76.8 cm³/mol. The molecular weight excluding hydrogens is 253 g/mol. The van der Waals surface area contributed by atoms with Crippen molar-refractivity contribution in [1.29, 1.82) is 0 Å². The van der Waals surface area contributed by atoms with E-state index in [9.17, 15) is 4.39 Å². The number of benzene rings is 2. The van der Waals surface area contributed by atoms with Gasteiger partial charge in [0.2, 0.25) is 0 Å². The van der Waals surface area contributed by atoms with Crippen molar-refractivity contribution in [3.8, 4) is 11.4 Å². The first-order chi connectivity index (χ1) is 9.81. The minimum atomic E-state index is -0.272. The molecule has 0 saturated heterocycles. The van der Waals surface area contributed by atoms with Crippen molar-refractivity contribution in [3.63, 3.8) is 0 Å². The molecule has 0 aliphatic rings. The molecule has 4 rings (SSSR count). The third kappa shape index (κ3) is 1.66. The van der Waals surface area contributed by atoms with Crippen LogP contribution in [0.1, 0.15) is 0 Å². The number of hydrogen-bond donors (Lipinski definition) is 1. The molecule has 4 heteroatoms. The smallest absolute Gasteiger partial charge is 0.138 e. The van der Waals surface area contributed by atoms with Crippen LogP contribution in [0.4, 0.5) is 4.39 Å². The molecule has 0 unspecified atom stereocenters. The lowest BCUT2D eigenvalue weighted by molar-refractivity contribution is 0.628. The number of nitrogens with one attached hydrogen (secondary N) is 1. The topological polar surface area (TPSA) is 41.6 Å². The minimum Gasteiger partial charge on any atom is -0.337 e. The van der Waals surface area contributed by atoms with Gasteiger partial charge in [-0.25, -0.2) is 9.37 Å². The van der Waals surface area contributed by atoms with E-state index < -0.39 is 0 Å². The summed E-state index contributed by atoms with van der Waals surface area (Å²) in [4.78, 5) is 12.2. The molecule has 3 nitrogen and oxygen atoms in total. The molecule has 0 bridgehead atoms. The number of aromatic nitrogens is 3. The second kappa shape index (κ2) is 4.13. The maximum atomic E-state index is 13.3. The van der Waals surface area contributed by atoms with Crippen LogP contribution >= 0.6 is 0 Å². The SMILES string of the molecule is Fc1cccc(-c2nc3c(cnc4ccccc43)[nH]2)c1. The number of pyridine rings is 1. The first-order valence-electron chi connectivity index (χ1n) is 6.31. The predicted octanol–water partition coefficient (Wildman–Crippen LogP) is 3.92. The van der Waals surface area contributed by atoms with Crippen molar-refractivity contribution in [2.75, 3.05) is 0 Å². The number of rotatable bonds is 1. The van der Waals surface area contributed by atoms with E-state index in [0.717, 1.165) is 27.5 Å². The molecule has 0 radical (unpaired) electrons. The van der Waals surface area contributed by atoms with Crippen molar-refractivity contribution in [3.05, 3.63) is 60.5 Å². The van der Waals surface area contributed by atoms with Gasteiger partial charge in [-0.15, -0.1) is 0 Å². The largest absolute Gasteiger partial charge is 0.337 e. The number of hydrogen-bond acceptors (Lipinski definition) is 2. The standard InChI is InChI=1S/C16H10FN3/c17-11-5-3-4-10(8-11)16-19-14-9-18-13-7-2-1-6-12(13)15(14)20-16/h1-9H,(H,19,20). The Labute approximate surface area is 114 Å². The van der Waals surface area contributed by atoms with Crippen LogP contribution in [-0.4, -0.2) is 15.0 Å². The van der Waals surface area contributed by atoms with E-state index in [0.29, 0.717) is 5.82 Å². The molecule has 0 aliphatic carbocycles. The van der Waals surface area contributed by atoms with E-state index >= 15 is 0 Å². The molecule has 1 N–H and O–H groups in total. The maximum absolute atomic E-state index is 13.3. The maximum Gasteiger partial charge on any atom is 0.138 e. The van der Waals surface area contributed by atoms with Gasteiger partial charge in [-0.3, -0.25) is 4.98 Å². The molecule has 0 spiro atoms. The second-order valence-electron chi connectivity index (χ2n) is 4.63. The van der Waals surface area contributed by atoms with E-state index in [4.69, 9.17) is 0 Å². The Bertz CT molecular complexity index is 927. The number of aromatic amines is 1. The van der Waals surface area contributed by atoms with Crippen LogP contribution in [0, 0.1) is 5.82 Å². The van der Waals surface area contributed by atoms with Gasteiger partial charge in [0.15, 0.2) is 0 Å². The van der Waals surface area contributed by atoms with Crippen molar-refractivity contribution in [2.24, 2.45) is 0 Å². The summed E-state index contributed by atoms with van der Waals surface area (Å²) in [6, 6.07) is 14.2. The fourth-order valence-electron chi connectivity index (χ4n) is 2.38. The van der Waals surface area contributed by atoms with E-state index in [2.05, 4.69) is 15.0 Å². The van der Waals surface area contributed by atoms with E-state index in [1.54, 1.807) is 12.3 Å². The highest BCUT2D eigenvalue weighted by atomic mass is 19.1. The fraction of sp³-hybridized carbons (Fsp3) is 0. The highest BCUT2D eigenvalue weighted by Crippen LogP contribution is 2.25. The van der Waals surface area contributed by atoms with Crippen LogP contribution < -0.4 is 0 Å².